The van der Waals surface area contributed by atoms with Gasteiger partial charge in [-0.2, -0.15) is 0 Å². The first-order valence-electron chi connectivity index (χ1n) is 10.8. The van der Waals surface area contributed by atoms with E-state index in [9.17, 15) is 4.79 Å². The maximum absolute atomic E-state index is 12.4. The number of anilines is 2. The fraction of sp³-hybridized carbons (Fsp3) is 0.400. The van der Waals surface area contributed by atoms with Gasteiger partial charge in [-0.05, 0) is 78.1 Å². The number of piperidine rings is 1. The van der Waals surface area contributed by atoms with Crippen molar-refractivity contribution in [1.82, 2.24) is 4.98 Å². The van der Waals surface area contributed by atoms with Crippen molar-refractivity contribution in [2.45, 2.75) is 40.2 Å². The number of H-pyrrole nitrogens is 1. The maximum Gasteiger partial charge on any atom is 0.253 e. The SMILES string of the molecule is CCc1ccc2[nH]c(=O)c(CNc3ccc(N4C[C@H](C)C[C@@H](C)C4)cc3)cc2c1. The van der Waals surface area contributed by atoms with Crippen LogP contribution in [0.4, 0.5) is 11.4 Å². The van der Waals surface area contributed by atoms with Gasteiger partial charge in [0.25, 0.3) is 5.56 Å². The van der Waals surface area contributed by atoms with Crippen LogP contribution in [0.2, 0.25) is 0 Å². The Morgan fingerprint density at radius 2 is 1.76 bits per heavy atom. The molecule has 4 rings (SSSR count). The summed E-state index contributed by atoms with van der Waals surface area (Å²) in [6.45, 7) is 9.59. The third-order valence-corrected chi connectivity index (χ3v) is 5.98. The van der Waals surface area contributed by atoms with Crippen molar-refractivity contribution in [3.05, 3.63) is 70.0 Å². The normalized spacial score (nSPS) is 19.5. The van der Waals surface area contributed by atoms with Crippen molar-refractivity contribution >= 4 is 22.3 Å². The molecular weight excluding hydrogens is 358 g/mol. The average Bonchev–Trinajstić information content (AvgIpc) is 2.71. The molecule has 1 aromatic heterocycles. The van der Waals surface area contributed by atoms with Gasteiger partial charge in [-0.1, -0.05) is 26.8 Å². The Labute approximate surface area is 173 Å². The van der Waals surface area contributed by atoms with Crippen LogP contribution in [0, 0.1) is 11.8 Å². The highest BCUT2D eigenvalue weighted by molar-refractivity contribution is 5.79. The summed E-state index contributed by atoms with van der Waals surface area (Å²) in [5.41, 5.74) is 5.22. The fourth-order valence-corrected chi connectivity index (χ4v) is 4.51. The molecule has 0 radical (unpaired) electrons. The molecule has 1 saturated heterocycles. The third-order valence-electron chi connectivity index (χ3n) is 5.98. The molecule has 1 aliphatic heterocycles. The molecule has 0 spiro atoms. The molecule has 0 saturated carbocycles. The van der Waals surface area contributed by atoms with Gasteiger partial charge in [-0.25, -0.2) is 0 Å². The predicted octanol–water partition coefficient (Wildman–Crippen LogP) is 5.18. The van der Waals surface area contributed by atoms with Crippen LogP contribution in [-0.4, -0.2) is 18.1 Å². The molecule has 2 N–H and O–H groups in total. The topological polar surface area (TPSA) is 48.1 Å². The number of nitrogens with zero attached hydrogens (tertiary/aromatic N) is 1. The fourth-order valence-electron chi connectivity index (χ4n) is 4.51. The minimum Gasteiger partial charge on any atom is -0.381 e. The second-order valence-electron chi connectivity index (χ2n) is 8.65. The standard InChI is InChI=1S/C25H31N3O/c1-4-19-5-10-24-20(12-19)13-21(25(29)27-24)14-26-22-6-8-23(9-7-22)28-15-17(2)11-18(3)16-28/h5-10,12-13,17-18,26H,4,11,14-16H2,1-3H3,(H,27,29)/t17-,18-/m1/s1. The van der Waals surface area contributed by atoms with Crippen molar-refractivity contribution < 1.29 is 0 Å². The lowest BCUT2D eigenvalue weighted by Gasteiger charge is -2.36. The summed E-state index contributed by atoms with van der Waals surface area (Å²) in [7, 11) is 0. The summed E-state index contributed by atoms with van der Waals surface area (Å²) in [5, 5.41) is 4.49. The van der Waals surface area contributed by atoms with Crippen molar-refractivity contribution in [3.63, 3.8) is 0 Å². The number of aryl methyl sites for hydroxylation is 1. The number of aromatic amines is 1. The number of fused-ring (bicyclic) bond motifs is 1. The Balaban J connectivity index is 1.46. The Bertz CT molecular complexity index is 1030. The molecule has 4 nitrogen and oxygen atoms in total. The highest BCUT2D eigenvalue weighted by Gasteiger charge is 2.21. The second kappa shape index (κ2) is 8.32. The summed E-state index contributed by atoms with van der Waals surface area (Å²) in [6, 6.07) is 16.8. The summed E-state index contributed by atoms with van der Waals surface area (Å²) in [4.78, 5) is 17.9. The minimum absolute atomic E-state index is 0.0258. The number of hydrogen-bond donors (Lipinski definition) is 2. The number of nitrogens with one attached hydrogen (secondary N) is 2. The zero-order chi connectivity index (χ0) is 20.4. The van der Waals surface area contributed by atoms with E-state index in [-0.39, 0.29) is 5.56 Å². The zero-order valence-corrected chi connectivity index (χ0v) is 17.7. The van der Waals surface area contributed by atoms with E-state index >= 15 is 0 Å². The Hall–Kier alpha value is -2.75. The molecular formula is C25H31N3O. The van der Waals surface area contributed by atoms with Gasteiger partial charge in [0.1, 0.15) is 0 Å². The van der Waals surface area contributed by atoms with Crippen LogP contribution < -0.4 is 15.8 Å². The molecule has 2 heterocycles. The monoisotopic (exact) mass is 389 g/mol. The lowest BCUT2D eigenvalue weighted by molar-refractivity contribution is 0.357. The average molecular weight is 390 g/mol. The summed E-state index contributed by atoms with van der Waals surface area (Å²) in [6.07, 6.45) is 2.31. The summed E-state index contributed by atoms with van der Waals surface area (Å²) in [5.74, 6) is 1.48. The van der Waals surface area contributed by atoms with E-state index < -0.39 is 0 Å². The lowest BCUT2D eigenvalue weighted by Crippen LogP contribution is -2.38. The van der Waals surface area contributed by atoms with Gasteiger partial charge < -0.3 is 15.2 Å². The molecule has 0 bridgehead atoms. The molecule has 0 aliphatic carbocycles. The van der Waals surface area contributed by atoms with E-state index in [1.165, 1.54) is 17.7 Å². The molecule has 0 unspecified atom stereocenters. The van der Waals surface area contributed by atoms with Crippen LogP contribution in [0.5, 0.6) is 0 Å². The highest BCUT2D eigenvalue weighted by Crippen LogP contribution is 2.27. The Morgan fingerprint density at radius 3 is 2.45 bits per heavy atom. The molecule has 2 aromatic carbocycles. The zero-order valence-electron chi connectivity index (χ0n) is 17.7. The van der Waals surface area contributed by atoms with E-state index in [1.807, 2.05) is 12.1 Å². The largest absolute Gasteiger partial charge is 0.381 e. The van der Waals surface area contributed by atoms with Crippen molar-refractivity contribution in [1.29, 1.82) is 0 Å². The van der Waals surface area contributed by atoms with E-state index in [1.54, 1.807) is 0 Å². The summed E-state index contributed by atoms with van der Waals surface area (Å²) < 4.78 is 0. The number of benzene rings is 2. The number of aromatic nitrogens is 1. The van der Waals surface area contributed by atoms with Crippen molar-refractivity contribution in [2.24, 2.45) is 11.8 Å². The first kappa shape index (κ1) is 19.6. The molecule has 1 aliphatic rings. The second-order valence-corrected chi connectivity index (χ2v) is 8.65. The predicted molar refractivity (Wildman–Crippen MR) is 123 cm³/mol. The van der Waals surface area contributed by atoms with Crippen LogP contribution >= 0.6 is 0 Å². The third kappa shape index (κ3) is 4.47. The quantitative estimate of drug-likeness (QED) is 0.632. The van der Waals surface area contributed by atoms with Gasteiger partial charge in [0.2, 0.25) is 0 Å². The molecule has 2 atom stereocenters. The first-order valence-corrected chi connectivity index (χ1v) is 10.8. The number of rotatable bonds is 5. The van der Waals surface area contributed by atoms with Crippen LogP contribution in [0.25, 0.3) is 10.9 Å². The van der Waals surface area contributed by atoms with Gasteiger partial charge in [0.05, 0.1) is 0 Å². The van der Waals surface area contributed by atoms with Gasteiger partial charge in [0.15, 0.2) is 0 Å². The van der Waals surface area contributed by atoms with Crippen molar-refractivity contribution in [2.75, 3.05) is 23.3 Å². The van der Waals surface area contributed by atoms with E-state index in [0.29, 0.717) is 6.54 Å². The lowest BCUT2D eigenvalue weighted by atomic mass is 9.91. The number of pyridine rings is 1. The van der Waals surface area contributed by atoms with E-state index in [0.717, 1.165) is 53.5 Å². The summed E-state index contributed by atoms with van der Waals surface area (Å²) >= 11 is 0. The van der Waals surface area contributed by atoms with E-state index in [2.05, 4.69) is 72.4 Å². The molecule has 152 valence electrons. The van der Waals surface area contributed by atoms with Crippen molar-refractivity contribution in [3.8, 4) is 0 Å². The molecule has 1 fully saturated rings. The Morgan fingerprint density at radius 1 is 1.03 bits per heavy atom. The molecule has 0 amide bonds. The van der Waals surface area contributed by atoms with Gasteiger partial charge >= 0.3 is 0 Å². The van der Waals surface area contributed by atoms with Crippen LogP contribution in [0.1, 0.15) is 38.3 Å². The van der Waals surface area contributed by atoms with Gasteiger partial charge in [-0.3, -0.25) is 4.79 Å². The molecule has 4 heteroatoms. The van der Waals surface area contributed by atoms with Gasteiger partial charge in [0, 0.05) is 42.1 Å². The van der Waals surface area contributed by atoms with Crippen LogP contribution in [0.15, 0.2) is 53.3 Å². The Kier molecular flexibility index (Phi) is 5.61. The van der Waals surface area contributed by atoms with Gasteiger partial charge in [-0.15, -0.1) is 0 Å². The molecule has 3 aromatic rings. The minimum atomic E-state index is -0.0258. The van der Waals surface area contributed by atoms with Crippen LogP contribution in [-0.2, 0) is 13.0 Å². The maximum atomic E-state index is 12.4. The highest BCUT2D eigenvalue weighted by atomic mass is 16.1. The molecule has 29 heavy (non-hydrogen) atoms. The van der Waals surface area contributed by atoms with Crippen LogP contribution in [0.3, 0.4) is 0 Å². The number of hydrogen-bond acceptors (Lipinski definition) is 3. The van der Waals surface area contributed by atoms with E-state index in [4.69, 9.17) is 0 Å². The smallest absolute Gasteiger partial charge is 0.253 e. The first-order chi connectivity index (χ1) is 14.0.